The van der Waals surface area contributed by atoms with E-state index in [1.165, 1.54) is 12.1 Å². The van der Waals surface area contributed by atoms with Crippen LogP contribution in [0.5, 0.6) is 5.75 Å². The Morgan fingerprint density at radius 1 is 1.11 bits per heavy atom. The second-order valence-electron chi connectivity index (χ2n) is 5.97. The molecule has 0 aliphatic rings. The molecule has 0 aliphatic carbocycles. The van der Waals surface area contributed by atoms with Crippen LogP contribution < -0.4 is 10.1 Å². The standard InChI is InChI=1S/C19H18F3NO4/c1-12(18(25)26)10-13-6-8-14(9-7-13)23-17(24)11-27-16-5-3-2-4-15(16)19(20,21)22/h2-9,12H,10-11H2,1H3,(H,23,24)(H,25,26). The van der Waals surface area contributed by atoms with Crippen molar-refractivity contribution in [1.29, 1.82) is 0 Å². The molecule has 0 spiro atoms. The molecule has 1 atom stereocenters. The summed E-state index contributed by atoms with van der Waals surface area (Å²) < 4.78 is 43.6. The van der Waals surface area contributed by atoms with E-state index >= 15 is 0 Å². The summed E-state index contributed by atoms with van der Waals surface area (Å²) in [6, 6.07) is 11.2. The average Bonchev–Trinajstić information content (AvgIpc) is 2.61. The molecule has 0 saturated carbocycles. The first kappa shape index (κ1) is 20.3. The average molecular weight is 381 g/mol. The van der Waals surface area contributed by atoms with Crippen LogP contribution in [0.15, 0.2) is 48.5 Å². The van der Waals surface area contributed by atoms with E-state index in [0.29, 0.717) is 12.1 Å². The van der Waals surface area contributed by atoms with Gasteiger partial charge in [-0.2, -0.15) is 13.2 Å². The zero-order valence-electron chi connectivity index (χ0n) is 14.4. The Morgan fingerprint density at radius 3 is 2.33 bits per heavy atom. The van der Waals surface area contributed by atoms with Crippen LogP contribution in [0.25, 0.3) is 0 Å². The number of alkyl halides is 3. The molecule has 27 heavy (non-hydrogen) atoms. The van der Waals surface area contributed by atoms with Crippen LogP contribution in [0.2, 0.25) is 0 Å². The number of carbonyl (C=O) groups is 2. The Morgan fingerprint density at radius 2 is 1.74 bits per heavy atom. The number of aliphatic carboxylic acids is 1. The first-order valence-electron chi connectivity index (χ1n) is 8.07. The number of ether oxygens (including phenoxy) is 1. The van der Waals surface area contributed by atoms with Crippen molar-refractivity contribution in [2.24, 2.45) is 5.92 Å². The summed E-state index contributed by atoms with van der Waals surface area (Å²) in [6.45, 7) is 1.01. The van der Waals surface area contributed by atoms with Crippen molar-refractivity contribution in [3.8, 4) is 5.75 Å². The third kappa shape index (κ3) is 6.02. The quantitative estimate of drug-likeness (QED) is 0.761. The summed E-state index contributed by atoms with van der Waals surface area (Å²) in [5.74, 6) is -2.46. The van der Waals surface area contributed by atoms with Gasteiger partial charge in [0.15, 0.2) is 6.61 Å². The number of para-hydroxylation sites is 1. The number of carboxylic acids is 1. The first-order chi connectivity index (χ1) is 12.7. The number of nitrogens with one attached hydrogen (secondary N) is 1. The van der Waals surface area contributed by atoms with Crippen LogP contribution in [0.3, 0.4) is 0 Å². The lowest BCUT2D eigenvalue weighted by Crippen LogP contribution is -2.21. The number of amides is 1. The van der Waals surface area contributed by atoms with Crippen LogP contribution in [0.1, 0.15) is 18.1 Å². The topological polar surface area (TPSA) is 75.6 Å². The second-order valence-corrected chi connectivity index (χ2v) is 5.97. The molecule has 2 N–H and O–H groups in total. The Bertz CT molecular complexity index is 803. The van der Waals surface area contributed by atoms with Gasteiger partial charge in [0.05, 0.1) is 11.5 Å². The normalized spacial score (nSPS) is 12.3. The molecule has 0 heterocycles. The van der Waals surface area contributed by atoms with Crippen LogP contribution in [-0.2, 0) is 22.2 Å². The summed E-state index contributed by atoms with van der Waals surface area (Å²) in [5.41, 5.74) is 0.271. The number of halogens is 3. The second kappa shape index (κ2) is 8.57. The number of hydrogen-bond donors (Lipinski definition) is 2. The van der Waals surface area contributed by atoms with Crippen LogP contribution >= 0.6 is 0 Å². The van der Waals surface area contributed by atoms with E-state index in [4.69, 9.17) is 9.84 Å². The molecule has 1 amide bonds. The van der Waals surface area contributed by atoms with Crippen LogP contribution in [0, 0.1) is 5.92 Å². The number of hydrogen-bond acceptors (Lipinski definition) is 3. The lowest BCUT2D eigenvalue weighted by atomic mass is 10.0. The Kier molecular flexibility index (Phi) is 6.44. The maximum Gasteiger partial charge on any atom is 0.419 e. The van der Waals surface area contributed by atoms with Crippen molar-refractivity contribution in [3.63, 3.8) is 0 Å². The predicted octanol–water partition coefficient (Wildman–Crippen LogP) is 3.99. The monoisotopic (exact) mass is 381 g/mol. The molecule has 5 nitrogen and oxygen atoms in total. The SMILES string of the molecule is CC(Cc1ccc(NC(=O)COc2ccccc2C(F)(F)F)cc1)C(=O)O. The number of rotatable bonds is 7. The molecule has 0 radical (unpaired) electrons. The largest absolute Gasteiger partial charge is 0.483 e. The number of carbonyl (C=O) groups excluding carboxylic acids is 1. The number of carboxylic acid groups (broad SMARTS) is 1. The van der Waals surface area contributed by atoms with Gasteiger partial charge in [0, 0.05) is 5.69 Å². The smallest absolute Gasteiger partial charge is 0.419 e. The number of benzene rings is 2. The van der Waals surface area contributed by atoms with Gasteiger partial charge < -0.3 is 15.2 Å². The van der Waals surface area contributed by atoms with E-state index in [9.17, 15) is 22.8 Å². The van der Waals surface area contributed by atoms with Crippen molar-refractivity contribution in [3.05, 3.63) is 59.7 Å². The Hall–Kier alpha value is -3.03. The Labute approximate surface area is 153 Å². The fourth-order valence-electron chi connectivity index (χ4n) is 2.33. The van der Waals surface area contributed by atoms with Gasteiger partial charge in [0.25, 0.3) is 5.91 Å². The molecule has 0 bridgehead atoms. The molecular weight excluding hydrogens is 363 g/mol. The van der Waals surface area contributed by atoms with Gasteiger partial charge in [-0.15, -0.1) is 0 Å². The predicted molar refractivity (Wildman–Crippen MR) is 92.5 cm³/mol. The minimum atomic E-state index is -4.57. The van der Waals surface area contributed by atoms with Crippen molar-refractivity contribution in [2.75, 3.05) is 11.9 Å². The van der Waals surface area contributed by atoms with E-state index < -0.39 is 41.9 Å². The van der Waals surface area contributed by atoms with Crippen molar-refractivity contribution >= 4 is 17.6 Å². The van der Waals surface area contributed by atoms with Gasteiger partial charge in [-0.05, 0) is 36.2 Å². The maximum absolute atomic E-state index is 12.9. The van der Waals surface area contributed by atoms with E-state index in [1.54, 1.807) is 31.2 Å². The zero-order valence-corrected chi connectivity index (χ0v) is 14.4. The highest BCUT2D eigenvalue weighted by atomic mass is 19.4. The van der Waals surface area contributed by atoms with E-state index in [2.05, 4.69) is 5.32 Å². The Balaban J connectivity index is 1.92. The van der Waals surface area contributed by atoms with E-state index in [-0.39, 0.29) is 0 Å². The molecule has 2 rings (SSSR count). The highest BCUT2D eigenvalue weighted by molar-refractivity contribution is 5.91. The van der Waals surface area contributed by atoms with Crippen molar-refractivity contribution in [2.45, 2.75) is 19.5 Å². The minimum absolute atomic E-state index is 0.348. The van der Waals surface area contributed by atoms with Gasteiger partial charge in [-0.1, -0.05) is 31.2 Å². The molecule has 1 unspecified atom stereocenters. The first-order valence-corrected chi connectivity index (χ1v) is 8.07. The summed E-state index contributed by atoms with van der Waals surface area (Å²) >= 11 is 0. The van der Waals surface area contributed by atoms with Crippen molar-refractivity contribution in [1.82, 2.24) is 0 Å². The van der Waals surface area contributed by atoms with Gasteiger partial charge in [0.2, 0.25) is 0 Å². The van der Waals surface area contributed by atoms with Gasteiger partial charge >= 0.3 is 12.1 Å². The molecule has 2 aromatic carbocycles. The van der Waals surface area contributed by atoms with E-state index in [0.717, 1.165) is 17.7 Å². The molecule has 0 aromatic heterocycles. The molecule has 0 fully saturated rings. The maximum atomic E-state index is 12.9. The third-order valence-electron chi connectivity index (χ3n) is 3.75. The highest BCUT2D eigenvalue weighted by Crippen LogP contribution is 2.35. The lowest BCUT2D eigenvalue weighted by Gasteiger charge is -2.13. The summed E-state index contributed by atoms with van der Waals surface area (Å²) in [5, 5.41) is 11.4. The fourth-order valence-corrected chi connectivity index (χ4v) is 2.33. The molecule has 0 aliphatic heterocycles. The summed E-state index contributed by atoms with van der Waals surface area (Å²) in [4.78, 5) is 22.8. The van der Waals surface area contributed by atoms with Gasteiger partial charge in [0.1, 0.15) is 5.75 Å². The summed E-state index contributed by atoms with van der Waals surface area (Å²) in [6.07, 6.45) is -4.23. The molecule has 0 saturated heterocycles. The minimum Gasteiger partial charge on any atom is -0.483 e. The third-order valence-corrected chi connectivity index (χ3v) is 3.75. The molecule has 8 heteroatoms. The van der Waals surface area contributed by atoms with Crippen LogP contribution in [-0.4, -0.2) is 23.6 Å². The van der Waals surface area contributed by atoms with Crippen molar-refractivity contribution < 1.29 is 32.6 Å². The molecular formula is C19H18F3NO4. The van der Waals surface area contributed by atoms with E-state index in [1.807, 2.05) is 0 Å². The molecule has 144 valence electrons. The van der Waals surface area contributed by atoms with Crippen LogP contribution in [0.4, 0.5) is 18.9 Å². The lowest BCUT2D eigenvalue weighted by molar-refractivity contribution is -0.141. The van der Waals surface area contributed by atoms with Gasteiger partial charge in [-0.25, -0.2) is 0 Å². The zero-order chi connectivity index (χ0) is 20.0. The highest BCUT2D eigenvalue weighted by Gasteiger charge is 2.34. The van der Waals surface area contributed by atoms with Gasteiger partial charge in [-0.3, -0.25) is 9.59 Å². The number of anilines is 1. The molecule has 2 aromatic rings. The summed E-state index contributed by atoms with van der Waals surface area (Å²) in [7, 11) is 0. The fraction of sp³-hybridized carbons (Fsp3) is 0.263.